The van der Waals surface area contributed by atoms with Gasteiger partial charge in [-0.05, 0) is 13.3 Å². The van der Waals surface area contributed by atoms with E-state index in [9.17, 15) is 18.9 Å². The Morgan fingerprint density at radius 2 is 2.17 bits per heavy atom. The Bertz CT molecular complexity index is 464. The van der Waals surface area contributed by atoms with E-state index >= 15 is 0 Å². The number of nitro benzene ring substituents is 1. The predicted octanol–water partition coefficient (Wildman–Crippen LogP) is 2.93. The highest BCUT2D eigenvalue weighted by atomic mass is 19.1. The molecule has 1 unspecified atom stereocenters. The molecular weight excluding hydrogens is 242 g/mol. The first-order valence-electron chi connectivity index (χ1n) is 5.42. The molecule has 6 heteroatoms. The zero-order valence-corrected chi connectivity index (χ0v) is 9.95. The summed E-state index contributed by atoms with van der Waals surface area (Å²) in [6, 6.07) is 1.51. The van der Waals surface area contributed by atoms with E-state index < -0.39 is 22.2 Å². The third-order valence-corrected chi connectivity index (χ3v) is 2.47. The van der Waals surface area contributed by atoms with E-state index in [1.807, 2.05) is 6.92 Å². The molecule has 0 fully saturated rings. The van der Waals surface area contributed by atoms with Crippen LogP contribution in [-0.2, 0) is 6.54 Å². The predicted molar refractivity (Wildman–Crippen MR) is 64.1 cm³/mol. The number of hydrogen-bond acceptors (Lipinski definition) is 3. The number of halogens is 2. The van der Waals surface area contributed by atoms with E-state index in [0.717, 1.165) is 6.07 Å². The van der Waals surface area contributed by atoms with Crippen molar-refractivity contribution in [3.05, 3.63) is 52.1 Å². The molecule has 1 aromatic rings. The van der Waals surface area contributed by atoms with E-state index in [1.165, 1.54) is 0 Å². The number of nitrogens with zero attached hydrogens (tertiary/aromatic N) is 1. The molecule has 1 N–H and O–H groups in total. The van der Waals surface area contributed by atoms with Crippen LogP contribution in [0.15, 0.2) is 24.8 Å². The maximum Gasteiger partial charge on any atom is 0.305 e. The van der Waals surface area contributed by atoms with E-state index in [4.69, 9.17) is 0 Å². The molecule has 0 aliphatic carbocycles. The lowest BCUT2D eigenvalue weighted by Crippen LogP contribution is -2.25. The van der Waals surface area contributed by atoms with Gasteiger partial charge in [-0.2, -0.15) is 4.39 Å². The van der Waals surface area contributed by atoms with Gasteiger partial charge in [-0.25, -0.2) is 4.39 Å². The molecule has 0 aliphatic rings. The summed E-state index contributed by atoms with van der Waals surface area (Å²) in [5, 5.41) is 13.5. The average molecular weight is 256 g/mol. The summed E-state index contributed by atoms with van der Waals surface area (Å²) in [7, 11) is 0. The van der Waals surface area contributed by atoms with E-state index in [-0.39, 0.29) is 18.2 Å². The SMILES string of the molecule is C=CCC(C)NCc1cc([N+](=O)[O-])c(F)cc1F. The van der Waals surface area contributed by atoms with Crippen LogP contribution in [0.5, 0.6) is 0 Å². The lowest BCUT2D eigenvalue weighted by atomic mass is 10.1. The molecule has 4 nitrogen and oxygen atoms in total. The number of benzene rings is 1. The van der Waals surface area contributed by atoms with Crippen molar-refractivity contribution in [3.8, 4) is 0 Å². The molecule has 1 atom stereocenters. The van der Waals surface area contributed by atoms with E-state index in [2.05, 4.69) is 11.9 Å². The quantitative estimate of drug-likeness (QED) is 0.483. The number of nitrogens with one attached hydrogen (secondary N) is 1. The Morgan fingerprint density at radius 3 is 2.72 bits per heavy atom. The third-order valence-electron chi connectivity index (χ3n) is 2.47. The fourth-order valence-corrected chi connectivity index (χ4v) is 1.47. The Morgan fingerprint density at radius 1 is 1.50 bits per heavy atom. The Hall–Kier alpha value is -1.82. The second-order valence-corrected chi connectivity index (χ2v) is 3.96. The van der Waals surface area contributed by atoms with Gasteiger partial charge in [-0.1, -0.05) is 6.08 Å². The Labute approximate surface area is 103 Å². The third kappa shape index (κ3) is 3.59. The molecule has 0 saturated heterocycles. The second kappa shape index (κ2) is 6.20. The fourth-order valence-electron chi connectivity index (χ4n) is 1.47. The summed E-state index contributed by atoms with van der Waals surface area (Å²) in [5.41, 5.74) is -0.649. The minimum atomic E-state index is -1.17. The molecule has 0 saturated carbocycles. The molecule has 0 spiro atoms. The molecule has 1 aromatic carbocycles. The molecule has 1 rings (SSSR count). The van der Waals surface area contributed by atoms with Gasteiger partial charge in [0.1, 0.15) is 5.82 Å². The van der Waals surface area contributed by atoms with Crippen LogP contribution in [0.3, 0.4) is 0 Å². The van der Waals surface area contributed by atoms with Crippen molar-refractivity contribution in [2.75, 3.05) is 0 Å². The van der Waals surface area contributed by atoms with E-state index in [1.54, 1.807) is 6.08 Å². The van der Waals surface area contributed by atoms with Crippen LogP contribution in [0.1, 0.15) is 18.9 Å². The molecule has 0 amide bonds. The summed E-state index contributed by atoms with van der Waals surface area (Å²) in [4.78, 5) is 9.67. The number of rotatable bonds is 6. The maximum atomic E-state index is 13.4. The van der Waals surface area contributed by atoms with E-state index in [0.29, 0.717) is 12.5 Å². The molecule has 98 valence electrons. The zero-order chi connectivity index (χ0) is 13.7. The van der Waals surface area contributed by atoms with Crippen molar-refractivity contribution < 1.29 is 13.7 Å². The molecular formula is C12H14F2N2O2. The monoisotopic (exact) mass is 256 g/mol. The summed E-state index contributed by atoms with van der Waals surface area (Å²) in [6.45, 7) is 5.54. The smallest absolute Gasteiger partial charge is 0.305 e. The summed E-state index contributed by atoms with van der Waals surface area (Å²) in [6.07, 6.45) is 2.39. The summed E-state index contributed by atoms with van der Waals surface area (Å²) < 4.78 is 26.5. The Kier molecular flexibility index (Phi) is 4.91. The minimum Gasteiger partial charge on any atom is -0.310 e. The van der Waals surface area contributed by atoms with Gasteiger partial charge in [0.15, 0.2) is 0 Å². The van der Waals surface area contributed by atoms with Crippen molar-refractivity contribution in [2.24, 2.45) is 0 Å². The van der Waals surface area contributed by atoms with Crippen LogP contribution >= 0.6 is 0 Å². The van der Waals surface area contributed by atoms with Crippen LogP contribution < -0.4 is 5.32 Å². The molecule has 0 bridgehead atoms. The highest BCUT2D eigenvalue weighted by Gasteiger charge is 2.18. The Balaban J connectivity index is 2.85. The van der Waals surface area contributed by atoms with Crippen molar-refractivity contribution in [1.82, 2.24) is 5.32 Å². The molecule has 0 aromatic heterocycles. The van der Waals surface area contributed by atoms with Crippen molar-refractivity contribution in [3.63, 3.8) is 0 Å². The zero-order valence-electron chi connectivity index (χ0n) is 9.95. The first-order valence-corrected chi connectivity index (χ1v) is 5.42. The average Bonchev–Trinajstić information content (AvgIpc) is 2.27. The fraction of sp³-hybridized carbons (Fsp3) is 0.333. The van der Waals surface area contributed by atoms with Gasteiger partial charge in [-0.15, -0.1) is 6.58 Å². The molecule has 0 aliphatic heterocycles. The van der Waals surface area contributed by atoms with Crippen LogP contribution in [0.2, 0.25) is 0 Å². The summed E-state index contributed by atoms with van der Waals surface area (Å²) in [5.74, 6) is -1.96. The second-order valence-electron chi connectivity index (χ2n) is 3.96. The van der Waals surface area contributed by atoms with Gasteiger partial charge in [0, 0.05) is 30.3 Å². The normalized spacial score (nSPS) is 12.2. The van der Waals surface area contributed by atoms with Gasteiger partial charge in [0.05, 0.1) is 4.92 Å². The van der Waals surface area contributed by atoms with Gasteiger partial charge in [0.2, 0.25) is 5.82 Å². The topological polar surface area (TPSA) is 55.2 Å². The maximum absolute atomic E-state index is 13.4. The van der Waals surface area contributed by atoms with Crippen LogP contribution in [0.4, 0.5) is 14.5 Å². The van der Waals surface area contributed by atoms with Gasteiger partial charge >= 0.3 is 5.69 Å². The van der Waals surface area contributed by atoms with Gasteiger partial charge < -0.3 is 5.32 Å². The number of hydrogen-bond donors (Lipinski definition) is 1. The van der Waals surface area contributed by atoms with Crippen molar-refractivity contribution >= 4 is 5.69 Å². The lowest BCUT2D eigenvalue weighted by molar-refractivity contribution is -0.387. The number of nitro groups is 1. The van der Waals surface area contributed by atoms with Crippen molar-refractivity contribution in [2.45, 2.75) is 25.9 Å². The molecule has 0 heterocycles. The van der Waals surface area contributed by atoms with Crippen LogP contribution in [-0.4, -0.2) is 11.0 Å². The van der Waals surface area contributed by atoms with Crippen LogP contribution in [0.25, 0.3) is 0 Å². The minimum absolute atomic E-state index is 0.0611. The van der Waals surface area contributed by atoms with Gasteiger partial charge in [0.25, 0.3) is 0 Å². The molecule has 0 radical (unpaired) electrons. The molecule has 18 heavy (non-hydrogen) atoms. The lowest BCUT2D eigenvalue weighted by Gasteiger charge is -2.12. The van der Waals surface area contributed by atoms with Crippen molar-refractivity contribution in [1.29, 1.82) is 0 Å². The summed E-state index contributed by atoms with van der Waals surface area (Å²) >= 11 is 0. The van der Waals surface area contributed by atoms with Gasteiger partial charge in [-0.3, -0.25) is 10.1 Å². The first kappa shape index (κ1) is 14.2. The highest BCUT2D eigenvalue weighted by Crippen LogP contribution is 2.21. The highest BCUT2D eigenvalue weighted by molar-refractivity contribution is 5.37. The first-order chi connectivity index (χ1) is 8.45. The van der Waals surface area contributed by atoms with Crippen LogP contribution in [0, 0.1) is 21.7 Å². The standard InChI is InChI=1S/C12H14F2N2O2/c1-3-4-8(2)15-7-9-5-12(16(17)18)11(14)6-10(9)13/h3,5-6,8,15H,1,4,7H2,2H3. The largest absolute Gasteiger partial charge is 0.310 e.